The van der Waals surface area contributed by atoms with E-state index in [1.165, 1.54) is 91.0 Å². The Morgan fingerprint density at radius 3 is 1.01 bits per heavy atom. The number of fused-ring (bicyclic) bond motifs is 3. The van der Waals surface area contributed by atoms with Gasteiger partial charge in [0.1, 0.15) is 34.5 Å². The average Bonchev–Trinajstić information content (AvgIpc) is 0.808. The lowest BCUT2D eigenvalue weighted by Crippen LogP contribution is -2.03. The number of benzene rings is 12. The highest BCUT2D eigenvalue weighted by Gasteiger charge is 2.24. The van der Waals surface area contributed by atoms with Gasteiger partial charge in [0.05, 0.1) is 0 Å². The lowest BCUT2D eigenvalue weighted by Gasteiger charge is -2.20. The van der Waals surface area contributed by atoms with E-state index in [1.807, 2.05) is 0 Å². The van der Waals surface area contributed by atoms with Crippen molar-refractivity contribution in [1.29, 1.82) is 0 Å². The standard InChI is InChI=1S/C73H58O18/c74-55-15-8-42(70-50(55)9-7-43(73(70)89)18-36-1-10-56(75)63(82)23-36)17-40-6-16-68(67(86)27-40)90-91-69-28-41(5-14-60(69)79)22-49-32-45-30-47(20-38-3-12-58(77)65(84)25-38)62(81)35-52(45)54(72(49)88)33-53-51-34-61(80)46(19-37-2-11-57(76)64(83)24-37)29-44(51)31-48(71(53)87)21-39-4-13-59(78)66(85)26-39/h1-16,23-32,34-35,74-89H,17-22,33H2. The Morgan fingerprint density at radius 2 is 0.560 bits per heavy atom. The zero-order valence-corrected chi connectivity index (χ0v) is 48.1. The SMILES string of the molecule is Oc1ccc(Cc2cc3cc(Cc4ccc(O)c(O)c4)c(O)c(Cc4c(O)c(Cc5ccc(O)c(OOc6ccc(Cc7ccc(O)c8ccc(Cc9ccc(O)c(O)c9)c(O)c78)cc6O)c5)cc5cc(Cc6ccc(O)c(O)c6)c(O)cc45)c3cc2O)cc1O. The lowest BCUT2D eigenvalue weighted by atomic mass is 9.86. The lowest BCUT2D eigenvalue weighted by molar-refractivity contribution is -0.103. The van der Waals surface area contributed by atoms with Crippen molar-refractivity contribution in [2.24, 2.45) is 0 Å². The van der Waals surface area contributed by atoms with Gasteiger partial charge in [0.25, 0.3) is 0 Å². The molecule has 0 saturated heterocycles. The molecule has 0 atom stereocenters. The average molecular weight is 1220 g/mol. The molecular formula is C73H58O18. The van der Waals surface area contributed by atoms with Gasteiger partial charge in [0, 0.05) is 60.4 Å². The van der Waals surface area contributed by atoms with Crippen LogP contribution in [0.5, 0.6) is 103 Å². The Balaban J connectivity index is 0.876. The normalized spacial score (nSPS) is 11.4. The summed E-state index contributed by atoms with van der Waals surface area (Å²) in [6, 6.07) is 42.5. The van der Waals surface area contributed by atoms with Gasteiger partial charge in [-0.3, -0.25) is 9.78 Å². The summed E-state index contributed by atoms with van der Waals surface area (Å²) in [7, 11) is 0. The monoisotopic (exact) mass is 1220 g/mol. The maximum Gasteiger partial charge on any atom is 0.220 e. The molecule has 458 valence electrons. The van der Waals surface area contributed by atoms with Gasteiger partial charge < -0.3 is 81.7 Å². The van der Waals surface area contributed by atoms with E-state index in [1.54, 1.807) is 78.9 Å². The van der Waals surface area contributed by atoms with Crippen LogP contribution in [-0.2, 0) is 44.9 Å². The second-order valence-electron chi connectivity index (χ2n) is 22.7. The Hall–Kier alpha value is -12.2. The fraction of sp³-hybridized carbons (Fsp3) is 0.0959. The Morgan fingerprint density at radius 1 is 0.209 bits per heavy atom. The molecule has 12 rings (SSSR count). The van der Waals surface area contributed by atoms with Crippen LogP contribution >= 0.6 is 0 Å². The number of hydrogen-bond donors (Lipinski definition) is 16. The van der Waals surface area contributed by atoms with Crippen LogP contribution in [0.15, 0.2) is 170 Å². The van der Waals surface area contributed by atoms with E-state index in [0.717, 1.165) is 0 Å². The van der Waals surface area contributed by atoms with Crippen molar-refractivity contribution < 1.29 is 91.5 Å². The van der Waals surface area contributed by atoms with E-state index in [9.17, 15) is 81.7 Å². The van der Waals surface area contributed by atoms with E-state index >= 15 is 0 Å². The molecule has 0 amide bonds. The molecule has 0 fully saturated rings. The van der Waals surface area contributed by atoms with Crippen molar-refractivity contribution in [2.75, 3.05) is 0 Å². The summed E-state index contributed by atoms with van der Waals surface area (Å²) in [4.78, 5) is 11.3. The first-order valence-corrected chi connectivity index (χ1v) is 28.6. The Kier molecular flexibility index (Phi) is 15.5. The first-order valence-electron chi connectivity index (χ1n) is 28.6. The van der Waals surface area contributed by atoms with E-state index in [4.69, 9.17) is 9.78 Å². The fourth-order valence-electron chi connectivity index (χ4n) is 11.7. The van der Waals surface area contributed by atoms with E-state index in [-0.39, 0.29) is 160 Å². The maximum atomic E-state index is 12.6. The third-order valence-electron chi connectivity index (χ3n) is 16.4. The molecule has 0 aliphatic carbocycles. The van der Waals surface area contributed by atoms with Crippen LogP contribution in [0.25, 0.3) is 32.3 Å². The van der Waals surface area contributed by atoms with Gasteiger partial charge in [0.2, 0.25) is 11.5 Å². The molecular weight excluding hydrogens is 1160 g/mol. The molecule has 0 spiro atoms. The van der Waals surface area contributed by atoms with Gasteiger partial charge >= 0.3 is 0 Å². The third kappa shape index (κ3) is 12.0. The summed E-state index contributed by atoms with van der Waals surface area (Å²) in [5.74, 6) is -4.67. The van der Waals surface area contributed by atoms with Gasteiger partial charge in [-0.05, 0) is 210 Å². The van der Waals surface area contributed by atoms with Gasteiger partial charge in [-0.2, -0.15) is 0 Å². The van der Waals surface area contributed by atoms with Crippen LogP contribution in [0.1, 0.15) is 77.9 Å². The largest absolute Gasteiger partial charge is 0.508 e. The van der Waals surface area contributed by atoms with Crippen molar-refractivity contribution in [3.05, 3.63) is 248 Å². The fourth-order valence-corrected chi connectivity index (χ4v) is 11.7. The van der Waals surface area contributed by atoms with Gasteiger partial charge in [0.15, 0.2) is 57.5 Å². The molecule has 91 heavy (non-hydrogen) atoms. The summed E-state index contributed by atoms with van der Waals surface area (Å²) in [5.41, 5.74) is 6.43. The minimum Gasteiger partial charge on any atom is -0.508 e. The molecule has 0 aliphatic rings. The highest BCUT2D eigenvalue weighted by Crippen LogP contribution is 2.46. The molecule has 18 nitrogen and oxygen atoms in total. The van der Waals surface area contributed by atoms with Crippen LogP contribution in [-0.4, -0.2) is 81.7 Å². The second-order valence-corrected chi connectivity index (χ2v) is 22.7. The topological polar surface area (TPSA) is 342 Å². The van der Waals surface area contributed by atoms with Crippen LogP contribution in [0.3, 0.4) is 0 Å². The molecule has 0 radical (unpaired) electrons. The molecule has 16 N–H and O–H groups in total. The highest BCUT2D eigenvalue weighted by molar-refractivity contribution is 5.97. The van der Waals surface area contributed by atoms with Crippen molar-refractivity contribution in [1.82, 2.24) is 0 Å². The van der Waals surface area contributed by atoms with E-state index in [0.29, 0.717) is 99.1 Å². The second kappa shape index (κ2) is 23.8. The van der Waals surface area contributed by atoms with Crippen molar-refractivity contribution >= 4 is 32.3 Å². The molecule has 0 heterocycles. The van der Waals surface area contributed by atoms with Crippen LogP contribution in [0, 0.1) is 0 Å². The van der Waals surface area contributed by atoms with Gasteiger partial charge in [-0.25, -0.2) is 0 Å². The maximum absolute atomic E-state index is 12.6. The number of hydrogen-bond acceptors (Lipinski definition) is 18. The predicted molar refractivity (Wildman–Crippen MR) is 338 cm³/mol. The summed E-state index contributed by atoms with van der Waals surface area (Å²) < 4.78 is 0. The number of rotatable bonds is 17. The summed E-state index contributed by atoms with van der Waals surface area (Å²) in [6.45, 7) is 0. The predicted octanol–water partition coefficient (Wildman–Crippen LogP) is 12.9. The molecule has 18 heteroatoms. The molecule has 0 bridgehead atoms. The molecule has 0 saturated carbocycles. The summed E-state index contributed by atoms with van der Waals surface area (Å²) in [6.07, 6.45) is 0.396. The third-order valence-corrected chi connectivity index (χ3v) is 16.4. The molecule has 12 aromatic rings. The number of aromatic hydroxyl groups is 16. The van der Waals surface area contributed by atoms with Gasteiger partial charge in [-0.15, -0.1) is 0 Å². The zero-order chi connectivity index (χ0) is 64.1. The minimum absolute atomic E-state index is 0.0229. The van der Waals surface area contributed by atoms with Crippen LogP contribution in [0.2, 0.25) is 0 Å². The van der Waals surface area contributed by atoms with Crippen molar-refractivity contribution in [3.8, 4) is 103 Å². The number of phenolic OH excluding ortho intramolecular Hbond substituents is 16. The van der Waals surface area contributed by atoms with E-state index in [2.05, 4.69) is 0 Å². The molecule has 12 aromatic carbocycles. The summed E-state index contributed by atoms with van der Waals surface area (Å²) >= 11 is 0. The van der Waals surface area contributed by atoms with Crippen LogP contribution in [0.4, 0.5) is 0 Å². The smallest absolute Gasteiger partial charge is 0.220 e. The first kappa shape index (κ1) is 59.2. The van der Waals surface area contributed by atoms with Crippen molar-refractivity contribution in [3.63, 3.8) is 0 Å². The minimum atomic E-state index is -0.382. The van der Waals surface area contributed by atoms with Crippen LogP contribution < -0.4 is 9.78 Å². The molecule has 0 aromatic heterocycles. The molecule has 0 unspecified atom stereocenters. The highest BCUT2D eigenvalue weighted by atomic mass is 17.2. The Bertz CT molecular complexity index is 4900. The number of phenols is 16. The quantitative estimate of drug-likeness (QED) is 0.0229. The first-order chi connectivity index (χ1) is 43.6. The van der Waals surface area contributed by atoms with E-state index < -0.39 is 0 Å². The van der Waals surface area contributed by atoms with Crippen molar-refractivity contribution in [2.45, 2.75) is 44.9 Å². The van der Waals surface area contributed by atoms with Gasteiger partial charge in [-0.1, -0.05) is 54.6 Å². The summed E-state index contributed by atoms with van der Waals surface area (Å²) in [5, 5.41) is 177. The molecule has 0 aliphatic heterocycles. The Labute approximate surface area is 517 Å². The zero-order valence-electron chi connectivity index (χ0n) is 48.1.